The Morgan fingerprint density at radius 3 is 2.72 bits per heavy atom. The number of aromatic nitrogens is 1. The van der Waals surface area contributed by atoms with E-state index in [1.165, 1.54) is 0 Å². The molecule has 2 rings (SSSR count). The van der Waals surface area contributed by atoms with Crippen molar-refractivity contribution in [2.45, 2.75) is 16.3 Å². The highest BCUT2D eigenvalue weighted by Crippen LogP contribution is 2.27. The van der Waals surface area contributed by atoms with Crippen LogP contribution in [0.3, 0.4) is 0 Å². The fourth-order valence-corrected chi connectivity index (χ4v) is 3.51. The first-order chi connectivity index (χ1) is 8.74. The van der Waals surface area contributed by atoms with Gasteiger partial charge in [0.1, 0.15) is 4.34 Å². The SMILES string of the molecule is NC(CO)(CCSc1nccs1)c1ccccc1. The summed E-state index contributed by atoms with van der Waals surface area (Å²) in [6, 6.07) is 9.77. The molecule has 1 heterocycles. The minimum Gasteiger partial charge on any atom is -0.394 e. The summed E-state index contributed by atoms with van der Waals surface area (Å²) in [6.45, 7) is -0.0462. The maximum Gasteiger partial charge on any atom is 0.149 e. The number of aliphatic hydroxyl groups is 1. The van der Waals surface area contributed by atoms with Gasteiger partial charge in [-0.25, -0.2) is 4.98 Å². The summed E-state index contributed by atoms with van der Waals surface area (Å²) in [4.78, 5) is 4.21. The molecule has 1 aromatic carbocycles. The smallest absolute Gasteiger partial charge is 0.149 e. The Morgan fingerprint density at radius 2 is 2.11 bits per heavy atom. The van der Waals surface area contributed by atoms with Crippen molar-refractivity contribution in [2.24, 2.45) is 5.73 Å². The molecule has 96 valence electrons. The number of rotatable bonds is 6. The van der Waals surface area contributed by atoms with E-state index in [-0.39, 0.29) is 6.61 Å². The third-order valence-electron chi connectivity index (χ3n) is 2.81. The third-order valence-corrected chi connectivity index (χ3v) is 4.78. The minimum absolute atomic E-state index is 0.0462. The number of hydrogen-bond donors (Lipinski definition) is 2. The number of nitrogens with zero attached hydrogens (tertiary/aromatic N) is 1. The van der Waals surface area contributed by atoms with E-state index in [0.717, 1.165) is 22.1 Å². The van der Waals surface area contributed by atoms with Crippen LogP contribution in [0.1, 0.15) is 12.0 Å². The number of thiazole rings is 1. The lowest BCUT2D eigenvalue weighted by Crippen LogP contribution is -2.41. The van der Waals surface area contributed by atoms with E-state index in [9.17, 15) is 5.11 Å². The average molecular weight is 280 g/mol. The lowest BCUT2D eigenvalue weighted by molar-refractivity contribution is 0.193. The van der Waals surface area contributed by atoms with E-state index in [1.54, 1.807) is 29.3 Å². The van der Waals surface area contributed by atoms with Crippen LogP contribution >= 0.6 is 23.1 Å². The molecule has 0 saturated heterocycles. The van der Waals surface area contributed by atoms with Crippen LogP contribution in [0.2, 0.25) is 0 Å². The molecule has 0 aliphatic rings. The second kappa shape index (κ2) is 6.33. The number of aliphatic hydroxyl groups excluding tert-OH is 1. The zero-order valence-electron chi connectivity index (χ0n) is 9.95. The summed E-state index contributed by atoms with van der Waals surface area (Å²) in [5, 5.41) is 11.5. The van der Waals surface area contributed by atoms with E-state index in [4.69, 9.17) is 5.73 Å². The topological polar surface area (TPSA) is 59.1 Å². The zero-order chi connectivity index (χ0) is 12.8. The summed E-state index contributed by atoms with van der Waals surface area (Å²) in [5.41, 5.74) is 6.60. The molecule has 0 fully saturated rings. The Balaban J connectivity index is 1.96. The zero-order valence-corrected chi connectivity index (χ0v) is 11.6. The van der Waals surface area contributed by atoms with Crippen LogP contribution < -0.4 is 5.73 Å². The van der Waals surface area contributed by atoms with Gasteiger partial charge in [0.25, 0.3) is 0 Å². The van der Waals surface area contributed by atoms with Gasteiger partial charge in [0.15, 0.2) is 0 Å². The normalized spacial score (nSPS) is 14.3. The molecule has 1 atom stereocenters. The lowest BCUT2D eigenvalue weighted by Gasteiger charge is -2.27. The molecular weight excluding hydrogens is 264 g/mol. The maximum absolute atomic E-state index is 9.55. The van der Waals surface area contributed by atoms with Crippen LogP contribution in [-0.2, 0) is 5.54 Å². The second-order valence-electron chi connectivity index (χ2n) is 4.08. The number of thioether (sulfide) groups is 1. The molecule has 0 aliphatic carbocycles. The average Bonchev–Trinajstić information content (AvgIpc) is 2.93. The molecule has 0 radical (unpaired) electrons. The Morgan fingerprint density at radius 1 is 1.33 bits per heavy atom. The Bertz CT molecular complexity index is 461. The third kappa shape index (κ3) is 3.32. The van der Waals surface area contributed by atoms with Crippen molar-refractivity contribution in [1.29, 1.82) is 0 Å². The van der Waals surface area contributed by atoms with Crippen LogP contribution in [0.4, 0.5) is 0 Å². The monoisotopic (exact) mass is 280 g/mol. The summed E-state index contributed by atoms with van der Waals surface area (Å²) in [7, 11) is 0. The van der Waals surface area contributed by atoms with Crippen LogP contribution in [0.15, 0.2) is 46.2 Å². The van der Waals surface area contributed by atoms with Crippen molar-refractivity contribution < 1.29 is 5.11 Å². The molecule has 5 heteroatoms. The number of hydrogen-bond acceptors (Lipinski definition) is 5. The van der Waals surface area contributed by atoms with E-state index in [1.807, 2.05) is 35.7 Å². The molecule has 1 aromatic heterocycles. The fraction of sp³-hybridized carbons (Fsp3) is 0.308. The standard InChI is InChI=1S/C13H16N2OS2/c14-13(10-16,11-4-2-1-3-5-11)6-8-17-12-15-7-9-18-12/h1-5,7,9,16H,6,8,10,14H2. The number of benzene rings is 1. The van der Waals surface area contributed by atoms with Crippen molar-refractivity contribution in [1.82, 2.24) is 4.98 Å². The fourth-order valence-electron chi connectivity index (χ4n) is 1.69. The quantitative estimate of drug-likeness (QED) is 0.798. The van der Waals surface area contributed by atoms with E-state index >= 15 is 0 Å². The van der Waals surface area contributed by atoms with Crippen molar-refractivity contribution in [3.05, 3.63) is 47.5 Å². The second-order valence-corrected chi connectivity index (χ2v) is 6.31. The van der Waals surface area contributed by atoms with E-state index in [0.29, 0.717) is 0 Å². The van der Waals surface area contributed by atoms with Crippen molar-refractivity contribution >= 4 is 23.1 Å². The highest BCUT2D eigenvalue weighted by atomic mass is 32.2. The molecule has 3 nitrogen and oxygen atoms in total. The summed E-state index contributed by atoms with van der Waals surface area (Å²) >= 11 is 3.31. The molecule has 0 bridgehead atoms. The molecule has 3 N–H and O–H groups in total. The Labute approximate surface area is 115 Å². The van der Waals surface area contributed by atoms with Gasteiger partial charge in [-0.1, -0.05) is 42.1 Å². The maximum atomic E-state index is 9.55. The molecule has 1 unspecified atom stereocenters. The Hall–Kier alpha value is -0.880. The van der Waals surface area contributed by atoms with E-state index < -0.39 is 5.54 Å². The van der Waals surface area contributed by atoms with Gasteiger partial charge in [-0.15, -0.1) is 11.3 Å². The first kappa shape index (κ1) is 13.5. The van der Waals surface area contributed by atoms with Gasteiger partial charge < -0.3 is 10.8 Å². The van der Waals surface area contributed by atoms with Gasteiger partial charge in [0.2, 0.25) is 0 Å². The molecule has 2 aromatic rings. The molecular formula is C13H16N2OS2. The molecule has 0 saturated carbocycles. The van der Waals surface area contributed by atoms with Crippen molar-refractivity contribution in [3.8, 4) is 0 Å². The highest BCUT2D eigenvalue weighted by Gasteiger charge is 2.25. The number of nitrogens with two attached hydrogens (primary N) is 1. The van der Waals surface area contributed by atoms with Gasteiger partial charge in [0.05, 0.1) is 12.1 Å². The van der Waals surface area contributed by atoms with E-state index in [2.05, 4.69) is 4.98 Å². The molecule has 0 amide bonds. The largest absolute Gasteiger partial charge is 0.394 e. The highest BCUT2D eigenvalue weighted by molar-refractivity contribution is 8.00. The van der Waals surface area contributed by atoms with Gasteiger partial charge >= 0.3 is 0 Å². The molecule has 0 aliphatic heterocycles. The van der Waals surface area contributed by atoms with Gasteiger partial charge in [0, 0.05) is 17.3 Å². The lowest BCUT2D eigenvalue weighted by atomic mass is 9.89. The van der Waals surface area contributed by atoms with Gasteiger partial charge in [-0.2, -0.15) is 0 Å². The first-order valence-electron chi connectivity index (χ1n) is 5.72. The van der Waals surface area contributed by atoms with Gasteiger partial charge in [-0.05, 0) is 12.0 Å². The van der Waals surface area contributed by atoms with Gasteiger partial charge in [-0.3, -0.25) is 0 Å². The van der Waals surface area contributed by atoms with Crippen LogP contribution in [0.25, 0.3) is 0 Å². The predicted molar refractivity (Wildman–Crippen MR) is 76.8 cm³/mol. The van der Waals surface area contributed by atoms with Crippen LogP contribution in [0.5, 0.6) is 0 Å². The Kier molecular flexibility index (Phi) is 4.77. The predicted octanol–water partition coefficient (Wildman–Crippen LogP) is 2.47. The molecule has 0 spiro atoms. The summed E-state index contributed by atoms with van der Waals surface area (Å²) in [5.74, 6) is 0.847. The molecule has 18 heavy (non-hydrogen) atoms. The van der Waals surface area contributed by atoms with Crippen molar-refractivity contribution in [2.75, 3.05) is 12.4 Å². The minimum atomic E-state index is -0.661. The van der Waals surface area contributed by atoms with Crippen LogP contribution in [0, 0.1) is 0 Å². The summed E-state index contributed by atoms with van der Waals surface area (Å²) < 4.78 is 1.04. The van der Waals surface area contributed by atoms with Crippen LogP contribution in [-0.4, -0.2) is 22.5 Å². The summed E-state index contributed by atoms with van der Waals surface area (Å²) in [6.07, 6.45) is 2.52. The first-order valence-corrected chi connectivity index (χ1v) is 7.59. The van der Waals surface area contributed by atoms with Crippen molar-refractivity contribution in [3.63, 3.8) is 0 Å².